The topological polar surface area (TPSA) is 23.6 Å². The maximum atomic E-state index is 12.4. The molecule has 1 unspecified atom stereocenters. The molecule has 1 amide bonds. The van der Waals surface area contributed by atoms with Crippen LogP contribution in [0.3, 0.4) is 0 Å². The number of carbonyl (C=O) groups is 1. The molecule has 1 aliphatic rings. The summed E-state index contributed by atoms with van der Waals surface area (Å²) in [6.45, 7) is 10.2. The van der Waals surface area contributed by atoms with E-state index >= 15 is 0 Å². The van der Waals surface area contributed by atoms with Crippen molar-refractivity contribution in [3.8, 4) is 0 Å². The molecule has 1 aliphatic heterocycles. The Morgan fingerprint density at radius 2 is 1.74 bits per heavy atom. The molecule has 104 valence electrons. The van der Waals surface area contributed by atoms with Crippen LogP contribution in [-0.2, 0) is 0 Å². The first-order chi connectivity index (χ1) is 9.11. The molecule has 0 N–H and O–H groups in total. The minimum Gasteiger partial charge on any atom is -0.336 e. The summed E-state index contributed by atoms with van der Waals surface area (Å²) in [4.78, 5) is 16.8. The molecule has 0 bridgehead atoms. The van der Waals surface area contributed by atoms with Crippen molar-refractivity contribution in [2.24, 2.45) is 0 Å². The number of piperazine rings is 1. The summed E-state index contributed by atoms with van der Waals surface area (Å²) in [6.07, 6.45) is 1.17. The van der Waals surface area contributed by atoms with Gasteiger partial charge in [-0.3, -0.25) is 9.69 Å². The Balaban J connectivity index is 1.94. The number of hydrogen-bond acceptors (Lipinski definition) is 2. The van der Waals surface area contributed by atoms with Crippen molar-refractivity contribution in [2.75, 3.05) is 26.2 Å². The molecular weight excluding hydrogens is 236 g/mol. The van der Waals surface area contributed by atoms with Gasteiger partial charge in [0.15, 0.2) is 0 Å². The molecule has 1 aromatic carbocycles. The molecule has 3 nitrogen and oxygen atoms in total. The van der Waals surface area contributed by atoms with Crippen LogP contribution in [0.15, 0.2) is 24.3 Å². The number of rotatable bonds is 3. The summed E-state index contributed by atoms with van der Waals surface area (Å²) in [5.74, 6) is 0.170. The van der Waals surface area contributed by atoms with Crippen molar-refractivity contribution in [3.63, 3.8) is 0 Å². The average Bonchev–Trinajstić information content (AvgIpc) is 2.46. The molecule has 0 radical (unpaired) electrons. The zero-order valence-corrected chi connectivity index (χ0v) is 12.2. The standard InChI is InChI=1S/C16H24N2O/c1-4-14(3)17-9-11-18(12-10-17)16(19)15-7-5-13(2)6-8-15/h5-8,14H,4,9-12H2,1-3H3. The van der Waals surface area contributed by atoms with Gasteiger partial charge in [0.05, 0.1) is 0 Å². The molecule has 1 saturated heterocycles. The van der Waals surface area contributed by atoms with Crippen LogP contribution in [-0.4, -0.2) is 47.9 Å². The highest BCUT2D eigenvalue weighted by Gasteiger charge is 2.23. The third-order valence-electron chi connectivity index (χ3n) is 4.11. The number of nitrogens with zero attached hydrogens (tertiary/aromatic N) is 2. The van der Waals surface area contributed by atoms with Crippen LogP contribution >= 0.6 is 0 Å². The van der Waals surface area contributed by atoms with Crippen LogP contribution in [0.25, 0.3) is 0 Å². The molecule has 0 aliphatic carbocycles. The van der Waals surface area contributed by atoms with E-state index in [0.29, 0.717) is 6.04 Å². The van der Waals surface area contributed by atoms with Gasteiger partial charge in [-0.2, -0.15) is 0 Å². The lowest BCUT2D eigenvalue weighted by Crippen LogP contribution is -2.51. The lowest BCUT2D eigenvalue weighted by molar-refractivity contribution is 0.0579. The highest BCUT2D eigenvalue weighted by Crippen LogP contribution is 2.12. The van der Waals surface area contributed by atoms with Crippen molar-refractivity contribution in [3.05, 3.63) is 35.4 Å². The zero-order chi connectivity index (χ0) is 13.8. The van der Waals surface area contributed by atoms with Crippen molar-refractivity contribution in [2.45, 2.75) is 33.2 Å². The first-order valence-electron chi connectivity index (χ1n) is 7.21. The van der Waals surface area contributed by atoms with Crippen LogP contribution in [0.5, 0.6) is 0 Å². The third kappa shape index (κ3) is 3.35. The van der Waals surface area contributed by atoms with Crippen LogP contribution in [0.2, 0.25) is 0 Å². The highest BCUT2D eigenvalue weighted by atomic mass is 16.2. The van der Waals surface area contributed by atoms with E-state index in [-0.39, 0.29) is 5.91 Å². The second-order valence-corrected chi connectivity index (χ2v) is 5.45. The van der Waals surface area contributed by atoms with Gasteiger partial charge in [-0.15, -0.1) is 0 Å². The van der Waals surface area contributed by atoms with E-state index in [1.165, 1.54) is 12.0 Å². The highest BCUT2D eigenvalue weighted by molar-refractivity contribution is 5.94. The lowest BCUT2D eigenvalue weighted by atomic mass is 10.1. The fourth-order valence-electron chi connectivity index (χ4n) is 2.50. The Hall–Kier alpha value is -1.35. The summed E-state index contributed by atoms with van der Waals surface area (Å²) in [6, 6.07) is 8.49. The largest absolute Gasteiger partial charge is 0.336 e. The SMILES string of the molecule is CCC(C)N1CCN(C(=O)c2ccc(C)cc2)CC1. The summed E-state index contributed by atoms with van der Waals surface area (Å²) in [5, 5.41) is 0. The number of benzene rings is 1. The predicted octanol–water partition coefficient (Wildman–Crippen LogP) is 2.55. The fraction of sp³-hybridized carbons (Fsp3) is 0.562. The van der Waals surface area contributed by atoms with Crippen LogP contribution in [0.4, 0.5) is 0 Å². The van der Waals surface area contributed by atoms with E-state index in [4.69, 9.17) is 0 Å². The molecule has 1 fully saturated rings. The van der Waals surface area contributed by atoms with Gasteiger partial charge in [0.1, 0.15) is 0 Å². The molecule has 0 spiro atoms. The minimum atomic E-state index is 0.170. The van der Waals surface area contributed by atoms with Gasteiger partial charge in [-0.1, -0.05) is 24.6 Å². The van der Waals surface area contributed by atoms with Crippen LogP contribution < -0.4 is 0 Å². The Morgan fingerprint density at radius 1 is 1.16 bits per heavy atom. The van der Waals surface area contributed by atoms with E-state index in [1.807, 2.05) is 36.1 Å². The van der Waals surface area contributed by atoms with Gasteiger partial charge in [0.2, 0.25) is 0 Å². The summed E-state index contributed by atoms with van der Waals surface area (Å²) < 4.78 is 0. The first-order valence-corrected chi connectivity index (χ1v) is 7.21. The zero-order valence-electron chi connectivity index (χ0n) is 12.2. The van der Waals surface area contributed by atoms with E-state index in [0.717, 1.165) is 31.7 Å². The summed E-state index contributed by atoms with van der Waals surface area (Å²) in [5.41, 5.74) is 2.00. The Bertz CT molecular complexity index is 419. The van der Waals surface area contributed by atoms with Crippen LogP contribution in [0, 0.1) is 6.92 Å². The minimum absolute atomic E-state index is 0.170. The molecule has 1 atom stereocenters. The van der Waals surface area contributed by atoms with E-state index in [1.54, 1.807) is 0 Å². The van der Waals surface area contributed by atoms with Crippen LogP contribution in [0.1, 0.15) is 36.2 Å². The van der Waals surface area contributed by atoms with Crippen molar-refractivity contribution < 1.29 is 4.79 Å². The number of aryl methyl sites for hydroxylation is 1. The van der Waals surface area contributed by atoms with Crippen molar-refractivity contribution >= 4 is 5.91 Å². The van der Waals surface area contributed by atoms with Gasteiger partial charge in [-0.05, 0) is 32.4 Å². The van der Waals surface area contributed by atoms with Crippen molar-refractivity contribution in [1.82, 2.24) is 9.80 Å². The number of carbonyl (C=O) groups excluding carboxylic acids is 1. The molecule has 2 rings (SSSR count). The molecular formula is C16H24N2O. The van der Waals surface area contributed by atoms with Gasteiger partial charge in [-0.25, -0.2) is 0 Å². The van der Waals surface area contributed by atoms with Crippen molar-refractivity contribution in [1.29, 1.82) is 0 Å². The monoisotopic (exact) mass is 260 g/mol. The molecule has 0 saturated carbocycles. The Morgan fingerprint density at radius 3 is 2.26 bits per heavy atom. The first kappa shape index (κ1) is 14.1. The molecule has 3 heteroatoms. The Labute approximate surface area is 116 Å². The maximum Gasteiger partial charge on any atom is 0.253 e. The smallest absolute Gasteiger partial charge is 0.253 e. The lowest BCUT2D eigenvalue weighted by Gasteiger charge is -2.37. The maximum absolute atomic E-state index is 12.4. The summed E-state index contributed by atoms with van der Waals surface area (Å²) >= 11 is 0. The second kappa shape index (κ2) is 6.20. The average molecular weight is 260 g/mol. The molecule has 1 aromatic rings. The quantitative estimate of drug-likeness (QED) is 0.834. The predicted molar refractivity (Wildman–Crippen MR) is 78.4 cm³/mol. The van der Waals surface area contributed by atoms with Gasteiger partial charge >= 0.3 is 0 Å². The van der Waals surface area contributed by atoms with E-state index < -0.39 is 0 Å². The number of amides is 1. The van der Waals surface area contributed by atoms with Gasteiger partial charge in [0, 0.05) is 37.8 Å². The molecule has 1 heterocycles. The molecule has 19 heavy (non-hydrogen) atoms. The normalized spacial score (nSPS) is 18.4. The summed E-state index contributed by atoms with van der Waals surface area (Å²) in [7, 11) is 0. The van der Waals surface area contributed by atoms with E-state index in [9.17, 15) is 4.79 Å². The second-order valence-electron chi connectivity index (χ2n) is 5.45. The van der Waals surface area contributed by atoms with Gasteiger partial charge < -0.3 is 4.90 Å². The third-order valence-corrected chi connectivity index (χ3v) is 4.11. The fourth-order valence-corrected chi connectivity index (χ4v) is 2.50. The van der Waals surface area contributed by atoms with E-state index in [2.05, 4.69) is 18.7 Å². The Kier molecular flexibility index (Phi) is 4.59. The van der Waals surface area contributed by atoms with Gasteiger partial charge in [0.25, 0.3) is 5.91 Å². The molecule has 0 aromatic heterocycles. The number of hydrogen-bond donors (Lipinski definition) is 0.